The molecule has 1 saturated heterocycles. The summed E-state index contributed by atoms with van der Waals surface area (Å²) < 4.78 is 16.5. The summed E-state index contributed by atoms with van der Waals surface area (Å²) in [5.41, 5.74) is -0.501. The van der Waals surface area contributed by atoms with Crippen molar-refractivity contribution in [3.8, 4) is 0 Å². The second kappa shape index (κ2) is 5.20. The Morgan fingerprint density at radius 3 is 2.50 bits per heavy atom. The minimum absolute atomic E-state index is 0.170. The van der Waals surface area contributed by atoms with Crippen LogP contribution in [-0.4, -0.2) is 43.1 Å². The number of methoxy groups -OCH3 is 1. The molecule has 0 aromatic heterocycles. The molecule has 1 fully saturated rings. The van der Waals surface area contributed by atoms with Crippen molar-refractivity contribution in [2.24, 2.45) is 0 Å². The number of ether oxygens (including phenoxy) is 1. The Balaban J connectivity index is 2.38. The lowest BCUT2D eigenvalue weighted by Crippen LogP contribution is -2.47. The normalized spacial score (nSPS) is 24.8. The number of hydrogen-bond acceptors (Lipinski definition) is 5. The Labute approximate surface area is 119 Å². The first-order valence-electron chi connectivity index (χ1n) is 6.48. The SMILES string of the molecule is COC(=O)c1ccccc1B1OC(C)(C)C(C)(CO)O1. The van der Waals surface area contributed by atoms with E-state index in [0.717, 1.165) is 0 Å². The quantitative estimate of drug-likeness (QED) is 0.652. The van der Waals surface area contributed by atoms with E-state index in [4.69, 9.17) is 14.0 Å². The summed E-state index contributed by atoms with van der Waals surface area (Å²) in [7, 11) is 0.620. The monoisotopic (exact) mass is 278 g/mol. The summed E-state index contributed by atoms with van der Waals surface area (Å²) in [4.78, 5) is 11.8. The van der Waals surface area contributed by atoms with Gasteiger partial charge in [-0.05, 0) is 32.3 Å². The second-order valence-electron chi connectivity index (χ2n) is 5.55. The maximum atomic E-state index is 11.8. The molecule has 20 heavy (non-hydrogen) atoms. The van der Waals surface area contributed by atoms with E-state index in [1.54, 1.807) is 31.2 Å². The molecule has 0 saturated carbocycles. The standard InChI is InChI=1S/C14H19BO5/c1-13(2)14(3,9-16)20-15(19-13)11-8-6-5-7-10(11)12(17)18-4/h5-8,16H,9H2,1-4H3. The van der Waals surface area contributed by atoms with Crippen LogP contribution in [0.4, 0.5) is 0 Å². The summed E-state index contributed by atoms with van der Waals surface area (Å²) in [6.45, 7) is 5.32. The Bertz CT molecular complexity index is 516. The number of aliphatic hydroxyl groups excluding tert-OH is 1. The first kappa shape index (κ1) is 15.0. The van der Waals surface area contributed by atoms with Crippen molar-refractivity contribution in [1.82, 2.24) is 0 Å². The van der Waals surface area contributed by atoms with Crippen LogP contribution >= 0.6 is 0 Å². The van der Waals surface area contributed by atoms with Gasteiger partial charge in [0.05, 0.1) is 24.9 Å². The van der Waals surface area contributed by atoms with E-state index < -0.39 is 24.3 Å². The number of rotatable bonds is 3. The zero-order chi connectivity index (χ0) is 15.0. The van der Waals surface area contributed by atoms with Gasteiger partial charge in [-0.3, -0.25) is 0 Å². The molecule has 1 aromatic carbocycles. The molecule has 5 nitrogen and oxygen atoms in total. The Morgan fingerprint density at radius 1 is 1.30 bits per heavy atom. The number of carbonyl (C=O) groups is 1. The minimum atomic E-state index is -0.832. The van der Waals surface area contributed by atoms with Crippen LogP contribution in [0.25, 0.3) is 0 Å². The fraction of sp³-hybridized carbons (Fsp3) is 0.500. The van der Waals surface area contributed by atoms with Crippen LogP contribution in [0.5, 0.6) is 0 Å². The van der Waals surface area contributed by atoms with Gasteiger partial charge in [-0.25, -0.2) is 4.79 Å². The van der Waals surface area contributed by atoms with Gasteiger partial charge in [0.2, 0.25) is 0 Å². The molecule has 0 amide bonds. The molecule has 1 unspecified atom stereocenters. The van der Waals surface area contributed by atoms with E-state index >= 15 is 0 Å². The average molecular weight is 278 g/mol. The van der Waals surface area contributed by atoms with Gasteiger partial charge in [0.15, 0.2) is 0 Å². The third-order valence-electron chi connectivity index (χ3n) is 3.96. The van der Waals surface area contributed by atoms with E-state index in [-0.39, 0.29) is 6.61 Å². The summed E-state index contributed by atoms with van der Waals surface area (Å²) >= 11 is 0. The minimum Gasteiger partial charge on any atom is -0.465 e. The van der Waals surface area contributed by atoms with Crippen LogP contribution < -0.4 is 5.46 Å². The highest BCUT2D eigenvalue weighted by Gasteiger charge is 2.55. The number of hydrogen-bond donors (Lipinski definition) is 1. The summed E-state index contributed by atoms with van der Waals surface area (Å²) in [6.07, 6.45) is 0. The highest BCUT2D eigenvalue weighted by atomic mass is 16.7. The molecule has 1 aliphatic rings. The molecular weight excluding hydrogens is 259 g/mol. The fourth-order valence-electron chi connectivity index (χ4n) is 2.15. The van der Waals surface area contributed by atoms with Crippen LogP contribution in [0.15, 0.2) is 24.3 Å². The first-order valence-corrected chi connectivity index (χ1v) is 6.48. The number of esters is 1. The maximum Gasteiger partial charge on any atom is 0.495 e. The second-order valence-corrected chi connectivity index (χ2v) is 5.55. The van der Waals surface area contributed by atoms with Gasteiger partial charge in [-0.1, -0.05) is 18.2 Å². The Kier molecular flexibility index (Phi) is 3.91. The highest BCUT2D eigenvalue weighted by molar-refractivity contribution is 6.63. The predicted molar refractivity (Wildman–Crippen MR) is 74.9 cm³/mol. The van der Waals surface area contributed by atoms with E-state index in [0.29, 0.717) is 11.0 Å². The van der Waals surface area contributed by atoms with Crippen molar-refractivity contribution >= 4 is 18.6 Å². The van der Waals surface area contributed by atoms with E-state index in [1.807, 2.05) is 13.8 Å². The van der Waals surface area contributed by atoms with Crippen LogP contribution in [0.3, 0.4) is 0 Å². The average Bonchev–Trinajstić information content (AvgIpc) is 2.69. The van der Waals surface area contributed by atoms with E-state index in [1.165, 1.54) is 7.11 Å². The van der Waals surface area contributed by atoms with Crippen molar-refractivity contribution in [2.45, 2.75) is 32.0 Å². The molecule has 0 aliphatic carbocycles. The molecule has 1 aliphatic heterocycles. The van der Waals surface area contributed by atoms with Crippen molar-refractivity contribution < 1.29 is 23.9 Å². The predicted octanol–water partition coefficient (Wildman–Crippen LogP) is 0.745. The molecule has 0 spiro atoms. The summed E-state index contributed by atoms with van der Waals surface area (Å²) in [5.74, 6) is -0.441. The molecule has 2 rings (SSSR count). The third kappa shape index (κ3) is 2.35. The molecule has 108 valence electrons. The lowest BCUT2D eigenvalue weighted by Gasteiger charge is -2.34. The molecule has 1 aromatic rings. The van der Waals surface area contributed by atoms with Gasteiger partial charge in [-0.2, -0.15) is 0 Å². The topological polar surface area (TPSA) is 65.0 Å². The van der Waals surface area contributed by atoms with Crippen LogP contribution in [0.2, 0.25) is 0 Å². The first-order chi connectivity index (χ1) is 9.34. The van der Waals surface area contributed by atoms with Crippen molar-refractivity contribution in [3.05, 3.63) is 29.8 Å². The highest BCUT2D eigenvalue weighted by Crippen LogP contribution is 2.36. The lowest BCUT2D eigenvalue weighted by molar-refractivity contribution is -0.0473. The number of aliphatic hydroxyl groups is 1. The van der Waals surface area contributed by atoms with Gasteiger partial charge in [-0.15, -0.1) is 0 Å². The van der Waals surface area contributed by atoms with Crippen LogP contribution in [0.1, 0.15) is 31.1 Å². The zero-order valence-electron chi connectivity index (χ0n) is 12.2. The van der Waals surface area contributed by atoms with Crippen molar-refractivity contribution in [2.75, 3.05) is 13.7 Å². The van der Waals surface area contributed by atoms with Crippen LogP contribution in [-0.2, 0) is 14.0 Å². The fourth-order valence-corrected chi connectivity index (χ4v) is 2.15. The summed E-state index contributed by atoms with van der Waals surface area (Å²) in [5, 5.41) is 9.55. The molecule has 1 N–H and O–H groups in total. The Hall–Kier alpha value is -1.37. The molecule has 1 heterocycles. The molecular formula is C14H19BO5. The Morgan fingerprint density at radius 2 is 1.95 bits per heavy atom. The number of carbonyl (C=O) groups excluding carboxylic acids is 1. The van der Waals surface area contributed by atoms with E-state index in [2.05, 4.69) is 0 Å². The zero-order valence-corrected chi connectivity index (χ0v) is 12.2. The van der Waals surface area contributed by atoms with Gasteiger partial charge >= 0.3 is 13.1 Å². The lowest BCUT2D eigenvalue weighted by atomic mass is 9.76. The molecule has 6 heteroatoms. The number of benzene rings is 1. The van der Waals surface area contributed by atoms with E-state index in [9.17, 15) is 9.90 Å². The summed E-state index contributed by atoms with van der Waals surface area (Å²) in [6, 6.07) is 6.97. The van der Waals surface area contributed by atoms with Gasteiger partial charge in [0.25, 0.3) is 0 Å². The largest absolute Gasteiger partial charge is 0.495 e. The third-order valence-corrected chi connectivity index (χ3v) is 3.96. The molecule has 0 bridgehead atoms. The van der Waals surface area contributed by atoms with Gasteiger partial charge < -0.3 is 19.2 Å². The van der Waals surface area contributed by atoms with Crippen molar-refractivity contribution in [3.63, 3.8) is 0 Å². The smallest absolute Gasteiger partial charge is 0.465 e. The maximum absolute atomic E-state index is 11.8. The van der Waals surface area contributed by atoms with Gasteiger partial charge in [0.1, 0.15) is 5.60 Å². The molecule has 1 atom stereocenters. The van der Waals surface area contributed by atoms with Gasteiger partial charge in [0, 0.05) is 0 Å². The van der Waals surface area contributed by atoms with Crippen molar-refractivity contribution in [1.29, 1.82) is 0 Å². The molecule has 0 radical (unpaired) electrons. The van der Waals surface area contributed by atoms with Crippen LogP contribution in [0, 0.1) is 0 Å².